The van der Waals surface area contributed by atoms with Crippen molar-refractivity contribution in [3.05, 3.63) is 30.6 Å². The quantitative estimate of drug-likeness (QED) is 0.848. The van der Waals surface area contributed by atoms with Crippen molar-refractivity contribution in [2.24, 2.45) is 5.92 Å². The van der Waals surface area contributed by atoms with Crippen molar-refractivity contribution < 1.29 is 0 Å². The van der Waals surface area contributed by atoms with Gasteiger partial charge in [-0.05, 0) is 56.6 Å². The van der Waals surface area contributed by atoms with Crippen LogP contribution >= 0.6 is 0 Å². The molecule has 0 radical (unpaired) electrons. The predicted octanol–water partition coefficient (Wildman–Crippen LogP) is 2.96. The molecule has 0 spiro atoms. The van der Waals surface area contributed by atoms with Gasteiger partial charge in [-0.3, -0.25) is 4.98 Å². The molecule has 1 aromatic heterocycles. The third kappa shape index (κ3) is 3.10. The molecule has 0 atom stereocenters. The normalized spacial score (nSPS) is 17.2. The van der Waals surface area contributed by atoms with Crippen molar-refractivity contribution in [3.8, 4) is 0 Å². The van der Waals surface area contributed by atoms with Gasteiger partial charge in [-0.25, -0.2) is 0 Å². The van der Waals surface area contributed by atoms with Gasteiger partial charge in [0.15, 0.2) is 0 Å². The second-order valence-corrected chi connectivity index (χ2v) is 5.88. The van der Waals surface area contributed by atoms with E-state index < -0.39 is 0 Å². The maximum absolute atomic E-state index is 6.02. The van der Waals surface area contributed by atoms with Crippen molar-refractivity contribution in [3.63, 3.8) is 0 Å². The molecule has 3 N–H and O–H groups in total. The minimum atomic E-state index is 0.766. The van der Waals surface area contributed by atoms with Crippen molar-refractivity contribution in [1.82, 2.24) is 9.88 Å². The van der Waals surface area contributed by atoms with E-state index in [-0.39, 0.29) is 0 Å². The summed E-state index contributed by atoms with van der Waals surface area (Å²) < 4.78 is 0. The molecule has 0 amide bonds. The molecule has 1 aliphatic heterocycles. The van der Waals surface area contributed by atoms with Crippen LogP contribution in [0, 0.1) is 5.92 Å². The van der Waals surface area contributed by atoms with Gasteiger partial charge in [0.25, 0.3) is 0 Å². The molecule has 112 valence electrons. The number of aromatic nitrogens is 1. The zero-order valence-corrected chi connectivity index (χ0v) is 12.7. The Morgan fingerprint density at radius 2 is 2.05 bits per heavy atom. The number of fused-ring (bicyclic) bond motifs is 1. The molecule has 21 heavy (non-hydrogen) atoms. The maximum Gasteiger partial charge on any atom is 0.0422 e. The van der Waals surface area contributed by atoms with E-state index in [1.54, 1.807) is 0 Å². The van der Waals surface area contributed by atoms with Crippen molar-refractivity contribution >= 4 is 22.1 Å². The number of nitrogens with one attached hydrogen (secondary N) is 1. The largest absolute Gasteiger partial charge is 0.398 e. The highest BCUT2D eigenvalue weighted by atomic mass is 15.1. The highest BCUT2D eigenvalue weighted by molar-refractivity contribution is 6.00. The minimum Gasteiger partial charge on any atom is -0.398 e. The van der Waals surface area contributed by atoms with Crippen LogP contribution in [0.4, 0.5) is 11.4 Å². The number of likely N-dealkylation sites (tertiary alicyclic amines) is 1. The lowest BCUT2D eigenvalue weighted by atomic mass is 9.96. The number of nitrogen functional groups attached to an aromatic ring is 1. The van der Waals surface area contributed by atoms with Gasteiger partial charge in [-0.2, -0.15) is 0 Å². The van der Waals surface area contributed by atoms with Crippen LogP contribution in [0.2, 0.25) is 0 Å². The number of nitrogens with two attached hydrogens (primary N) is 1. The van der Waals surface area contributed by atoms with E-state index in [2.05, 4.69) is 28.2 Å². The van der Waals surface area contributed by atoms with E-state index in [0.717, 1.165) is 28.9 Å². The number of piperidine rings is 1. The summed E-state index contributed by atoms with van der Waals surface area (Å²) in [6.45, 7) is 6.92. The third-order valence-electron chi connectivity index (χ3n) is 4.59. The van der Waals surface area contributed by atoms with Crippen molar-refractivity contribution in [2.75, 3.05) is 37.2 Å². The van der Waals surface area contributed by atoms with Crippen LogP contribution in [0.5, 0.6) is 0 Å². The number of benzene rings is 1. The van der Waals surface area contributed by atoms with Crippen molar-refractivity contribution in [2.45, 2.75) is 19.8 Å². The summed E-state index contributed by atoms with van der Waals surface area (Å²) in [7, 11) is 0. The first-order chi connectivity index (χ1) is 10.3. The molecular formula is C17H24N4. The number of nitrogens with zero attached hydrogens (tertiary/aromatic N) is 2. The van der Waals surface area contributed by atoms with E-state index >= 15 is 0 Å². The Morgan fingerprint density at radius 1 is 1.24 bits per heavy atom. The average molecular weight is 284 g/mol. The van der Waals surface area contributed by atoms with Gasteiger partial charge in [0, 0.05) is 41.1 Å². The predicted molar refractivity (Wildman–Crippen MR) is 89.5 cm³/mol. The maximum atomic E-state index is 6.02. The molecule has 0 bridgehead atoms. The summed E-state index contributed by atoms with van der Waals surface area (Å²) in [5.74, 6) is 0.766. The van der Waals surface area contributed by atoms with Crippen molar-refractivity contribution in [1.29, 1.82) is 0 Å². The van der Waals surface area contributed by atoms with Gasteiger partial charge in [0.1, 0.15) is 0 Å². The molecule has 0 saturated carbocycles. The van der Waals surface area contributed by atoms with Crippen LogP contribution in [0.3, 0.4) is 0 Å². The van der Waals surface area contributed by atoms with E-state index in [0.29, 0.717) is 0 Å². The lowest BCUT2D eigenvalue weighted by Crippen LogP contribution is -2.35. The molecule has 3 rings (SSSR count). The van der Waals surface area contributed by atoms with Crippen LogP contribution in [-0.4, -0.2) is 36.1 Å². The van der Waals surface area contributed by atoms with E-state index in [1.165, 1.54) is 38.2 Å². The molecule has 1 saturated heterocycles. The molecule has 2 aromatic rings. The van der Waals surface area contributed by atoms with E-state index in [4.69, 9.17) is 5.73 Å². The summed E-state index contributed by atoms with van der Waals surface area (Å²) in [4.78, 5) is 6.70. The van der Waals surface area contributed by atoms with E-state index in [1.807, 2.05) is 24.5 Å². The average Bonchev–Trinajstić information content (AvgIpc) is 2.55. The fraction of sp³-hybridized carbons (Fsp3) is 0.471. The Kier molecular flexibility index (Phi) is 4.25. The zero-order chi connectivity index (χ0) is 14.7. The fourth-order valence-electron chi connectivity index (χ4n) is 3.13. The molecule has 0 unspecified atom stereocenters. The topological polar surface area (TPSA) is 54.2 Å². The monoisotopic (exact) mass is 284 g/mol. The summed E-state index contributed by atoms with van der Waals surface area (Å²) in [6, 6.07) is 6.08. The van der Waals surface area contributed by atoms with Crippen LogP contribution in [0.1, 0.15) is 19.8 Å². The smallest absolute Gasteiger partial charge is 0.0422 e. The number of hydrogen-bond acceptors (Lipinski definition) is 4. The highest BCUT2D eigenvalue weighted by Gasteiger charge is 2.17. The number of anilines is 2. The number of rotatable bonds is 4. The number of pyridine rings is 1. The van der Waals surface area contributed by atoms with Gasteiger partial charge in [-0.1, -0.05) is 6.92 Å². The second-order valence-electron chi connectivity index (χ2n) is 5.88. The summed E-state index contributed by atoms with van der Waals surface area (Å²) in [5, 5.41) is 5.81. The Bertz CT molecular complexity index is 603. The van der Waals surface area contributed by atoms with Crippen LogP contribution in [0.15, 0.2) is 30.6 Å². The Balaban J connectivity index is 1.67. The molecule has 1 fully saturated rings. The summed E-state index contributed by atoms with van der Waals surface area (Å²) >= 11 is 0. The first-order valence-electron chi connectivity index (χ1n) is 7.86. The third-order valence-corrected chi connectivity index (χ3v) is 4.59. The molecule has 2 heterocycles. The zero-order valence-electron chi connectivity index (χ0n) is 12.7. The lowest BCUT2D eigenvalue weighted by Gasteiger charge is -2.31. The summed E-state index contributed by atoms with van der Waals surface area (Å²) in [5.41, 5.74) is 7.98. The number of hydrogen-bond donors (Lipinski definition) is 2. The van der Waals surface area contributed by atoms with Gasteiger partial charge in [0.2, 0.25) is 0 Å². The minimum absolute atomic E-state index is 0.766. The van der Waals surface area contributed by atoms with Gasteiger partial charge < -0.3 is 16.0 Å². The van der Waals surface area contributed by atoms with Crippen LogP contribution < -0.4 is 11.1 Å². The Labute approximate surface area is 126 Å². The molecule has 1 aliphatic rings. The van der Waals surface area contributed by atoms with E-state index in [9.17, 15) is 0 Å². The Morgan fingerprint density at radius 3 is 2.81 bits per heavy atom. The van der Waals surface area contributed by atoms with Gasteiger partial charge >= 0.3 is 0 Å². The van der Waals surface area contributed by atoms with Gasteiger partial charge in [-0.15, -0.1) is 0 Å². The SMILES string of the molecule is CCN1CCC(CNc2ccc(N)c3cnccc23)CC1. The van der Waals surface area contributed by atoms with Gasteiger partial charge in [0.05, 0.1) is 0 Å². The molecule has 1 aromatic carbocycles. The Hall–Kier alpha value is -1.81. The van der Waals surface area contributed by atoms with Crippen LogP contribution in [-0.2, 0) is 0 Å². The molecule has 0 aliphatic carbocycles. The first-order valence-corrected chi connectivity index (χ1v) is 7.86. The molecule has 4 heteroatoms. The second kappa shape index (κ2) is 6.31. The fourth-order valence-corrected chi connectivity index (χ4v) is 3.13. The first kappa shape index (κ1) is 14.1. The lowest BCUT2D eigenvalue weighted by molar-refractivity contribution is 0.198. The summed E-state index contributed by atoms with van der Waals surface area (Å²) in [6.07, 6.45) is 6.24. The standard InChI is InChI=1S/C17H24N4/c1-2-21-9-6-13(7-10-21)11-20-17-4-3-16(18)15-12-19-8-5-14(15)17/h3-5,8,12-13,20H,2,6-7,9-11,18H2,1H3. The van der Waals surface area contributed by atoms with Crippen LogP contribution in [0.25, 0.3) is 10.8 Å². The molecule has 4 nitrogen and oxygen atoms in total. The molecular weight excluding hydrogens is 260 g/mol. The highest BCUT2D eigenvalue weighted by Crippen LogP contribution is 2.28.